The first-order chi connectivity index (χ1) is 11.1. The largest absolute Gasteiger partial charge is 0.468 e. The number of hydrogen-bond acceptors (Lipinski definition) is 6. The van der Waals surface area contributed by atoms with Gasteiger partial charge in [0, 0.05) is 6.54 Å². The fourth-order valence-corrected chi connectivity index (χ4v) is 2.60. The average Bonchev–Trinajstić information content (AvgIpc) is 3.28. The van der Waals surface area contributed by atoms with E-state index in [0.29, 0.717) is 28.9 Å². The number of rotatable bonds is 5. The van der Waals surface area contributed by atoms with Crippen molar-refractivity contribution in [3.05, 3.63) is 30.0 Å². The fourth-order valence-electron chi connectivity index (χ4n) is 2.60. The van der Waals surface area contributed by atoms with Gasteiger partial charge in [0.15, 0.2) is 11.7 Å². The molecule has 0 amide bonds. The quantitative estimate of drug-likeness (QED) is 0.854. The predicted octanol–water partition coefficient (Wildman–Crippen LogP) is 2.48. The summed E-state index contributed by atoms with van der Waals surface area (Å²) in [6.45, 7) is 2.96. The number of nitriles is 1. The van der Waals surface area contributed by atoms with Gasteiger partial charge >= 0.3 is 5.97 Å². The fraction of sp³-hybridized carbons (Fsp3) is 0.412. The van der Waals surface area contributed by atoms with E-state index in [1.807, 2.05) is 30.3 Å². The summed E-state index contributed by atoms with van der Waals surface area (Å²) in [6.07, 6.45) is 1.18. The van der Waals surface area contributed by atoms with Gasteiger partial charge in [0.05, 0.1) is 24.2 Å². The molecule has 3 unspecified atom stereocenters. The van der Waals surface area contributed by atoms with Gasteiger partial charge in [0.2, 0.25) is 0 Å². The summed E-state index contributed by atoms with van der Waals surface area (Å²) in [7, 11) is 1.26. The van der Waals surface area contributed by atoms with E-state index in [2.05, 4.69) is 22.2 Å². The highest BCUT2D eigenvalue weighted by Gasteiger charge is 2.33. The summed E-state index contributed by atoms with van der Waals surface area (Å²) in [5.74, 6) is 0.0809. The van der Waals surface area contributed by atoms with Crippen molar-refractivity contribution < 1.29 is 9.53 Å². The molecule has 23 heavy (non-hydrogen) atoms. The minimum Gasteiger partial charge on any atom is -0.468 e. The Balaban J connectivity index is 2.01. The highest BCUT2D eigenvalue weighted by atomic mass is 16.5. The summed E-state index contributed by atoms with van der Waals surface area (Å²) in [5, 5.41) is 12.6. The number of hydrogen-bond donors (Lipinski definition) is 1. The number of aromatic nitrogens is 2. The van der Waals surface area contributed by atoms with Crippen LogP contribution in [0.2, 0.25) is 0 Å². The Bertz CT molecular complexity index is 784. The first kappa shape index (κ1) is 15.2. The number of para-hydroxylation sites is 2. The van der Waals surface area contributed by atoms with Gasteiger partial charge in [-0.15, -0.1) is 0 Å². The predicted molar refractivity (Wildman–Crippen MR) is 85.7 cm³/mol. The SMILES string of the molecule is COC(=O)C(C#N)c1nc2ccccc2nc1NCC1CC1C. The number of nitrogens with one attached hydrogen (secondary N) is 1. The maximum absolute atomic E-state index is 11.9. The number of methoxy groups -OCH3 is 1. The molecular formula is C17H18N4O2. The topological polar surface area (TPSA) is 87.9 Å². The molecule has 1 aromatic heterocycles. The first-order valence-electron chi connectivity index (χ1n) is 7.62. The van der Waals surface area contributed by atoms with Crippen molar-refractivity contribution >= 4 is 22.8 Å². The summed E-state index contributed by atoms with van der Waals surface area (Å²) in [5.41, 5.74) is 1.70. The van der Waals surface area contributed by atoms with Crippen LogP contribution in [0.1, 0.15) is 25.0 Å². The van der Waals surface area contributed by atoms with Gasteiger partial charge < -0.3 is 10.1 Å². The van der Waals surface area contributed by atoms with Crippen LogP contribution in [0, 0.1) is 23.2 Å². The second-order valence-corrected chi connectivity index (χ2v) is 5.89. The van der Waals surface area contributed by atoms with E-state index in [1.54, 1.807) is 0 Å². The molecule has 3 rings (SSSR count). The first-order valence-corrected chi connectivity index (χ1v) is 7.62. The van der Waals surface area contributed by atoms with Gasteiger partial charge in [0.25, 0.3) is 0 Å². The number of nitrogens with zero attached hydrogens (tertiary/aromatic N) is 3. The van der Waals surface area contributed by atoms with Crippen LogP contribution in [0.4, 0.5) is 5.82 Å². The molecule has 1 heterocycles. The molecule has 0 saturated heterocycles. The van der Waals surface area contributed by atoms with Crippen LogP contribution in [0.5, 0.6) is 0 Å². The highest BCUT2D eigenvalue weighted by molar-refractivity contribution is 5.84. The molecule has 6 nitrogen and oxygen atoms in total. The van der Waals surface area contributed by atoms with Crippen molar-refractivity contribution in [3.63, 3.8) is 0 Å². The van der Waals surface area contributed by atoms with Gasteiger partial charge in [-0.1, -0.05) is 19.1 Å². The van der Waals surface area contributed by atoms with Crippen molar-refractivity contribution in [2.45, 2.75) is 19.3 Å². The van der Waals surface area contributed by atoms with Crippen LogP contribution in [0.3, 0.4) is 0 Å². The Morgan fingerprint density at radius 1 is 1.43 bits per heavy atom. The second-order valence-electron chi connectivity index (χ2n) is 5.89. The lowest BCUT2D eigenvalue weighted by Crippen LogP contribution is -2.18. The van der Waals surface area contributed by atoms with E-state index in [1.165, 1.54) is 13.5 Å². The third-order valence-corrected chi connectivity index (χ3v) is 4.24. The maximum atomic E-state index is 11.9. The molecule has 0 bridgehead atoms. The summed E-state index contributed by atoms with van der Waals surface area (Å²) < 4.78 is 4.72. The molecule has 1 aliphatic rings. The van der Waals surface area contributed by atoms with Crippen molar-refractivity contribution in [1.29, 1.82) is 5.26 Å². The Morgan fingerprint density at radius 3 is 2.65 bits per heavy atom. The summed E-state index contributed by atoms with van der Waals surface area (Å²) in [4.78, 5) is 20.9. The molecule has 118 valence electrons. The third kappa shape index (κ3) is 3.09. The number of esters is 1. The molecule has 6 heteroatoms. The van der Waals surface area contributed by atoms with E-state index >= 15 is 0 Å². The molecule has 0 aliphatic heterocycles. The molecule has 1 N–H and O–H groups in total. The van der Waals surface area contributed by atoms with Crippen LogP contribution < -0.4 is 5.32 Å². The zero-order chi connectivity index (χ0) is 16.4. The Hall–Kier alpha value is -2.68. The normalized spacial score (nSPS) is 20.6. The molecule has 0 spiro atoms. The molecule has 1 aliphatic carbocycles. The van der Waals surface area contributed by atoms with Crippen LogP contribution in [-0.2, 0) is 9.53 Å². The molecule has 1 fully saturated rings. The van der Waals surface area contributed by atoms with E-state index in [9.17, 15) is 10.1 Å². The van der Waals surface area contributed by atoms with Crippen molar-refractivity contribution in [2.24, 2.45) is 11.8 Å². The van der Waals surface area contributed by atoms with E-state index in [-0.39, 0.29) is 0 Å². The minimum atomic E-state index is -1.09. The van der Waals surface area contributed by atoms with Gasteiger partial charge in [0.1, 0.15) is 5.69 Å². The van der Waals surface area contributed by atoms with Crippen LogP contribution in [-0.4, -0.2) is 29.6 Å². The number of fused-ring (bicyclic) bond motifs is 1. The summed E-state index contributed by atoms with van der Waals surface area (Å²) in [6, 6.07) is 9.36. The molecule has 1 aromatic carbocycles. The van der Waals surface area contributed by atoms with Crippen molar-refractivity contribution in [3.8, 4) is 6.07 Å². The van der Waals surface area contributed by atoms with Crippen molar-refractivity contribution in [1.82, 2.24) is 9.97 Å². The minimum absolute atomic E-state index is 0.325. The standard InChI is InChI=1S/C17H18N4O2/c1-10-7-11(10)9-19-16-15(12(8-18)17(22)23-2)20-13-5-3-4-6-14(13)21-16/h3-6,10-12H,7,9H2,1-2H3,(H,19,21). The van der Waals surface area contributed by atoms with Gasteiger partial charge in [-0.25, -0.2) is 9.97 Å². The average molecular weight is 310 g/mol. The lowest BCUT2D eigenvalue weighted by atomic mass is 10.1. The Kier molecular flexibility index (Phi) is 4.11. The van der Waals surface area contributed by atoms with Gasteiger partial charge in [-0.3, -0.25) is 4.79 Å². The highest BCUT2D eigenvalue weighted by Crippen LogP contribution is 2.38. The Morgan fingerprint density at radius 2 is 2.09 bits per heavy atom. The zero-order valence-corrected chi connectivity index (χ0v) is 13.1. The van der Waals surface area contributed by atoms with Gasteiger partial charge in [-0.2, -0.15) is 5.26 Å². The second kappa shape index (κ2) is 6.21. The molecule has 2 aromatic rings. The van der Waals surface area contributed by atoms with E-state index in [0.717, 1.165) is 12.1 Å². The Labute approximate surface area is 134 Å². The smallest absolute Gasteiger partial charge is 0.329 e. The number of ether oxygens (including phenoxy) is 1. The molecule has 1 saturated carbocycles. The summed E-state index contributed by atoms with van der Waals surface area (Å²) >= 11 is 0. The lowest BCUT2D eigenvalue weighted by Gasteiger charge is -2.14. The monoisotopic (exact) mass is 310 g/mol. The van der Waals surface area contributed by atoms with Crippen LogP contribution in [0.25, 0.3) is 11.0 Å². The number of anilines is 1. The molecule has 0 radical (unpaired) electrons. The zero-order valence-electron chi connectivity index (χ0n) is 13.1. The van der Waals surface area contributed by atoms with E-state index in [4.69, 9.17) is 4.74 Å². The van der Waals surface area contributed by atoms with E-state index < -0.39 is 11.9 Å². The third-order valence-electron chi connectivity index (χ3n) is 4.24. The van der Waals surface area contributed by atoms with Crippen LogP contribution in [0.15, 0.2) is 24.3 Å². The lowest BCUT2D eigenvalue weighted by molar-refractivity contribution is -0.141. The number of benzene rings is 1. The number of carbonyl (C=O) groups excluding carboxylic acids is 1. The van der Waals surface area contributed by atoms with Crippen LogP contribution >= 0.6 is 0 Å². The van der Waals surface area contributed by atoms with Crippen molar-refractivity contribution in [2.75, 3.05) is 19.0 Å². The van der Waals surface area contributed by atoms with Gasteiger partial charge in [-0.05, 0) is 30.4 Å². The molecule has 3 atom stereocenters. The molecular weight excluding hydrogens is 292 g/mol. The number of carbonyl (C=O) groups is 1. The maximum Gasteiger partial charge on any atom is 0.329 e.